The molecule has 1 atom stereocenters. The number of carbonyl (C=O) groups excluding carboxylic acids is 1. The molecule has 1 N–H and O–H groups in total. The predicted octanol–water partition coefficient (Wildman–Crippen LogP) is 1.78. The number of aliphatic carboxylic acids is 1. The zero-order chi connectivity index (χ0) is 13.1. The van der Waals surface area contributed by atoms with Crippen molar-refractivity contribution in [3.05, 3.63) is 28.5 Å². The van der Waals surface area contributed by atoms with E-state index in [4.69, 9.17) is 5.11 Å². The molecule has 0 aromatic carbocycles. The molecule has 0 bridgehead atoms. The third-order valence-corrected chi connectivity index (χ3v) is 3.66. The Morgan fingerprint density at radius 2 is 2.33 bits per heavy atom. The lowest BCUT2D eigenvalue weighted by molar-refractivity contribution is -0.138. The first kappa shape index (κ1) is 13.0. The number of likely N-dealkylation sites (tertiary alicyclic amines) is 1. The first-order valence-corrected chi connectivity index (χ1v) is 6.49. The van der Waals surface area contributed by atoms with Crippen LogP contribution in [0, 0.1) is 5.92 Å². The highest BCUT2D eigenvalue weighted by Crippen LogP contribution is 2.23. The number of nitrogens with zero attached hydrogens (tertiary/aromatic N) is 2. The second-order valence-corrected chi connectivity index (χ2v) is 5.10. The summed E-state index contributed by atoms with van der Waals surface area (Å²) in [6.07, 6.45) is 2.48. The minimum Gasteiger partial charge on any atom is -0.481 e. The fraction of sp³-hybridized carbons (Fsp3) is 0.417. The topological polar surface area (TPSA) is 70.5 Å². The average molecular weight is 313 g/mol. The second-order valence-electron chi connectivity index (χ2n) is 4.35. The number of hydrogen-bond acceptors (Lipinski definition) is 3. The van der Waals surface area contributed by atoms with E-state index in [-0.39, 0.29) is 18.2 Å². The van der Waals surface area contributed by atoms with Crippen molar-refractivity contribution in [2.24, 2.45) is 5.92 Å². The number of hydrogen-bond donors (Lipinski definition) is 1. The van der Waals surface area contributed by atoms with Crippen LogP contribution in [0.4, 0.5) is 0 Å². The molecule has 0 aliphatic carbocycles. The van der Waals surface area contributed by atoms with Gasteiger partial charge in [0, 0.05) is 25.7 Å². The van der Waals surface area contributed by atoms with Crippen molar-refractivity contribution in [1.29, 1.82) is 0 Å². The summed E-state index contributed by atoms with van der Waals surface area (Å²) in [6, 6.07) is 3.42. The molecule has 1 amide bonds. The Morgan fingerprint density at radius 1 is 1.56 bits per heavy atom. The van der Waals surface area contributed by atoms with Gasteiger partial charge >= 0.3 is 5.97 Å². The highest BCUT2D eigenvalue weighted by atomic mass is 79.9. The van der Waals surface area contributed by atoms with Crippen LogP contribution in [0.1, 0.15) is 23.2 Å². The maximum atomic E-state index is 12.2. The van der Waals surface area contributed by atoms with Crippen LogP contribution in [0.15, 0.2) is 22.9 Å². The number of rotatable bonds is 3. The van der Waals surface area contributed by atoms with E-state index in [0.29, 0.717) is 23.3 Å². The van der Waals surface area contributed by atoms with Crippen LogP contribution >= 0.6 is 15.9 Å². The van der Waals surface area contributed by atoms with Crippen molar-refractivity contribution in [1.82, 2.24) is 9.88 Å². The second kappa shape index (κ2) is 5.48. The number of carboxylic acids is 1. The molecule has 18 heavy (non-hydrogen) atoms. The molecule has 5 nitrogen and oxygen atoms in total. The molecule has 6 heteroatoms. The van der Waals surface area contributed by atoms with Crippen LogP contribution in [-0.4, -0.2) is 40.0 Å². The molecule has 96 valence electrons. The van der Waals surface area contributed by atoms with E-state index in [1.165, 1.54) is 0 Å². The van der Waals surface area contributed by atoms with Gasteiger partial charge in [0.05, 0.1) is 5.56 Å². The number of amides is 1. The predicted molar refractivity (Wildman–Crippen MR) is 68.2 cm³/mol. The Bertz CT molecular complexity index is 478. The maximum Gasteiger partial charge on any atom is 0.303 e. The van der Waals surface area contributed by atoms with E-state index >= 15 is 0 Å². The van der Waals surface area contributed by atoms with Crippen molar-refractivity contribution in [3.8, 4) is 0 Å². The van der Waals surface area contributed by atoms with Crippen molar-refractivity contribution < 1.29 is 14.7 Å². The van der Waals surface area contributed by atoms with Crippen LogP contribution < -0.4 is 0 Å². The molecular weight excluding hydrogens is 300 g/mol. The molecule has 0 spiro atoms. The lowest BCUT2D eigenvalue weighted by Gasteiger charge is -2.16. The van der Waals surface area contributed by atoms with E-state index in [9.17, 15) is 9.59 Å². The van der Waals surface area contributed by atoms with Gasteiger partial charge in [-0.2, -0.15) is 0 Å². The van der Waals surface area contributed by atoms with E-state index in [2.05, 4.69) is 20.9 Å². The monoisotopic (exact) mass is 312 g/mol. The van der Waals surface area contributed by atoms with Gasteiger partial charge in [-0.1, -0.05) is 0 Å². The van der Waals surface area contributed by atoms with Gasteiger partial charge in [0.25, 0.3) is 5.91 Å². The number of pyridine rings is 1. The van der Waals surface area contributed by atoms with Crippen LogP contribution in [0.3, 0.4) is 0 Å². The molecular formula is C12H13BrN2O3. The fourth-order valence-electron chi connectivity index (χ4n) is 2.15. The van der Waals surface area contributed by atoms with E-state index < -0.39 is 5.97 Å². The molecule has 2 heterocycles. The SMILES string of the molecule is O=C(O)CC1CCN(C(=O)c2cccnc2Br)C1. The van der Waals surface area contributed by atoms with Gasteiger partial charge < -0.3 is 10.0 Å². The molecule has 1 aliphatic heterocycles. The number of carboxylic acid groups (broad SMARTS) is 1. The zero-order valence-corrected chi connectivity index (χ0v) is 11.3. The van der Waals surface area contributed by atoms with Gasteiger partial charge in [-0.05, 0) is 40.4 Å². The van der Waals surface area contributed by atoms with Gasteiger partial charge in [-0.3, -0.25) is 9.59 Å². The normalized spacial score (nSPS) is 18.9. The molecule has 1 fully saturated rings. The third-order valence-electron chi connectivity index (χ3n) is 3.03. The van der Waals surface area contributed by atoms with Crippen molar-refractivity contribution in [3.63, 3.8) is 0 Å². The lowest BCUT2D eigenvalue weighted by Crippen LogP contribution is -2.29. The van der Waals surface area contributed by atoms with Crippen LogP contribution in [0.5, 0.6) is 0 Å². The Hall–Kier alpha value is -1.43. The first-order valence-electron chi connectivity index (χ1n) is 5.69. The van der Waals surface area contributed by atoms with Crippen molar-refractivity contribution >= 4 is 27.8 Å². The van der Waals surface area contributed by atoms with E-state index in [1.807, 2.05) is 0 Å². The van der Waals surface area contributed by atoms with Crippen LogP contribution in [0.25, 0.3) is 0 Å². The van der Waals surface area contributed by atoms with Crippen LogP contribution in [0.2, 0.25) is 0 Å². The Kier molecular flexibility index (Phi) is 3.96. The minimum absolute atomic E-state index is 0.0573. The van der Waals surface area contributed by atoms with Gasteiger partial charge in [-0.25, -0.2) is 4.98 Å². The molecule has 0 saturated carbocycles. The van der Waals surface area contributed by atoms with Crippen molar-refractivity contribution in [2.75, 3.05) is 13.1 Å². The summed E-state index contributed by atoms with van der Waals surface area (Å²) in [4.78, 5) is 28.5. The summed E-state index contributed by atoms with van der Waals surface area (Å²) in [5, 5.41) is 8.74. The van der Waals surface area contributed by atoms with Crippen molar-refractivity contribution in [2.45, 2.75) is 12.8 Å². The molecule has 0 radical (unpaired) electrons. The molecule has 1 aromatic heterocycles. The molecule has 1 aliphatic rings. The summed E-state index contributed by atoms with van der Waals surface area (Å²) in [5.74, 6) is -0.846. The Balaban J connectivity index is 2.04. The lowest BCUT2D eigenvalue weighted by atomic mass is 10.1. The molecule has 2 rings (SSSR count). The average Bonchev–Trinajstić information content (AvgIpc) is 2.76. The van der Waals surface area contributed by atoms with Gasteiger partial charge in [0.15, 0.2) is 0 Å². The zero-order valence-electron chi connectivity index (χ0n) is 9.67. The maximum absolute atomic E-state index is 12.2. The summed E-state index contributed by atoms with van der Waals surface area (Å²) < 4.78 is 0.525. The van der Waals surface area contributed by atoms with E-state index in [0.717, 1.165) is 6.42 Å². The largest absolute Gasteiger partial charge is 0.481 e. The van der Waals surface area contributed by atoms with Crippen LogP contribution in [-0.2, 0) is 4.79 Å². The first-order chi connectivity index (χ1) is 8.58. The quantitative estimate of drug-likeness (QED) is 0.864. The van der Waals surface area contributed by atoms with E-state index in [1.54, 1.807) is 23.2 Å². The summed E-state index contributed by atoms with van der Waals surface area (Å²) in [7, 11) is 0. The number of carbonyl (C=O) groups is 2. The summed E-state index contributed by atoms with van der Waals surface area (Å²) in [6.45, 7) is 1.12. The molecule has 1 aromatic rings. The third kappa shape index (κ3) is 2.87. The summed E-state index contributed by atoms with van der Waals surface area (Å²) >= 11 is 3.25. The Labute approximate surface area is 113 Å². The Morgan fingerprint density at radius 3 is 3.00 bits per heavy atom. The number of halogens is 1. The van der Waals surface area contributed by atoms with Gasteiger partial charge in [0.1, 0.15) is 4.60 Å². The highest BCUT2D eigenvalue weighted by Gasteiger charge is 2.29. The standard InChI is InChI=1S/C12H13BrN2O3/c13-11-9(2-1-4-14-11)12(18)15-5-3-8(7-15)6-10(16)17/h1-2,4,8H,3,5-7H2,(H,16,17). The highest BCUT2D eigenvalue weighted by molar-refractivity contribution is 9.10. The fourth-order valence-corrected chi connectivity index (χ4v) is 2.57. The summed E-state index contributed by atoms with van der Waals surface area (Å²) in [5.41, 5.74) is 0.522. The number of aromatic nitrogens is 1. The van der Waals surface area contributed by atoms with Gasteiger partial charge in [-0.15, -0.1) is 0 Å². The minimum atomic E-state index is -0.808. The molecule has 1 saturated heterocycles. The smallest absolute Gasteiger partial charge is 0.303 e. The molecule has 1 unspecified atom stereocenters. The van der Waals surface area contributed by atoms with Gasteiger partial charge in [0.2, 0.25) is 0 Å².